The SMILES string of the molecule is C=CC(=O)C[C@@H](COC(=O)C=C)Cc1ccccc1. The molecule has 0 aliphatic heterocycles. The van der Waals surface area contributed by atoms with Gasteiger partial charge in [0.2, 0.25) is 0 Å². The average molecular weight is 258 g/mol. The first kappa shape index (κ1) is 14.9. The molecule has 3 heteroatoms. The van der Waals surface area contributed by atoms with Crippen molar-refractivity contribution in [1.82, 2.24) is 0 Å². The molecule has 3 nitrogen and oxygen atoms in total. The number of carbonyl (C=O) groups is 2. The van der Waals surface area contributed by atoms with Crippen LogP contribution < -0.4 is 0 Å². The third-order valence-corrected chi connectivity index (χ3v) is 2.71. The van der Waals surface area contributed by atoms with E-state index in [9.17, 15) is 9.59 Å². The monoisotopic (exact) mass is 258 g/mol. The molecule has 0 bridgehead atoms. The average Bonchev–Trinajstić information content (AvgIpc) is 2.45. The highest BCUT2D eigenvalue weighted by Gasteiger charge is 2.15. The Labute approximate surface area is 113 Å². The lowest BCUT2D eigenvalue weighted by molar-refractivity contribution is -0.139. The van der Waals surface area contributed by atoms with Crippen LogP contribution >= 0.6 is 0 Å². The van der Waals surface area contributed by atoms with Gasteiger partial charge in [0, 0.05) is 18.4 Å². The second kappa shape index (κ2) is 8.03. The van der Waals surface area contributed by atoms with Gasteiger partial charge in [0.25, 0.3) is 0 Å². The number of allylic oxidation sites excluding steroid dienone is 1. The van der Waals surface area contributed by atoms with E-state index in [2.05, 4.69) is 13.2 Å². The fraction of sp³-hybridized carbons (Fsp3) is 0.250. The van der Waals surface area contributed by atoms with Crippen LogP contribution in [0.3, 0.4) is 0 Å². The van der Waals surface area contributed by atoms with Crippen LogP contribution in [0.1, 0.15) is 12.0 Å². The molecule has 0 unspecified atom stereocenters. The molecule has 0 spiro atoms. The van der Waals surface area contributed by atoms with Crippen molar-refractivity contribution in [1.29, 1.82) is 0 Å². The maximum atomic E-state index is 11.4. The summed E-state index contributed by atoms with van der Waals surface area (Å²) in [6.07, 6.45) is 3.43. The van der Waals surface area contributed by atoms with Crippen LogP contribution in [-0.2, 0) is 20.7 Å². The summed E-state index contributed by atoms with van der Waals surface area (Å²) in [5.74, 6) is -0.559. The fourth-order valence-electron chi connectivity index (χ4n) is 1.76. The molecule has 1 atom stereocenters. The minimum atomic E-state index is -0.468. The third-order valence-electron chi connectivity index (χ3n) is 2.71. The summed E-state index contributed by atoms with van der Waals surface area (Å²) in [5, 5.41) is 0. The molecule has 0 aromatic heterocycles. The molecule has 0 amide bonds. The number of ether oxygens (including phenoxy) is 1. The van der Waals surface area contributed by atoms with E-state index in [4.69, 9.17) is 4.74 Å². The molecule has 1 aromatic rings. The van der Waals surface area contributed by atoms with Crippen molar-refractivity contribution >= 4 is 11.8 Å². The van der Waals surface area contributed by atoms with E-state index in [1.54, 1.807) is 0 Å². The maximum absolute atomic E-state index is 11.4. The van der Waals surface area contributed by atoms with Gasteiger partial charge in [-0.2, -0.15) is 0 Å². The lowest BCUT2D eigenvalue weighted by atomic mass is 9.95. The first-order valence-electron chi connectivity index (χ1n) is 6.14. The van der Waals surface area contributed by atoms with Crippen molar-refractivity contribution in [3.63, 3.8) is 0 Å². The summed E-state index contributed by atoms with van der Waals surface area (Å²) in [6.45, 7) is 7.01. The lowest BCUT2D eigenvalue weighted by Gasteiger charge is -2.15. The predicted molar refractivity (Wildman–Crippen MR) is 74.6 cm³/mol. The zero-order valence-electron chi connectivity index (χ0n) is 10.9. The Morgan fingerprint density at radius 2 is 1.84 bits per heavy atom. The molecule has 0 fully saturated rings. The lowest BCUT2D eigenvalue weighted by Crippen LogP contribution is -2.18. The van der Waals surface area contributed by atoms with Gasteiger partial charge < -0.3 is 4.74 Å². The Hall–Kier alpha value is -2.16. The van der Waals surface area contributed by atoms with E-state index in [1.165, 1.54) is 6.08 Å². The number of carbonyl (C=O) groups excluding carboxylic acids is 2. The highest BCUT2D eigenvalue weighted by atomic mass is 16.5. The fourth-order valence-corrected chi connectivity index (χ4v) is 1.76. The van der Waals surface area contributed by atoms with E-state index in [0.717, 1.165) is 11.6 Å². The summed E-state index contributed by atoms with van der Waals surface area (Å²) in [5.41, 5.74) is 1.11. The van der Waals surface area contributed by atoms with Gasteiger partial charge in [-0.25, -0.2) is 4.79 Å². The summed E-state index contributed by atoms with van der Waals surface area (Å²) >= 11 is 0. The smallest absolute Gasteiger partial charge is 0.330 e. The van der Waals surface area contributed by atoms with Gasteiger partial charge in [0.15, 0.2) is 5.78 Å². The molecule has 1 rings (SSSR count). The Bertz CT molecular complexity index is 448. The molecule has 0 N–H and O–H groups in total. The topological polar surface area (TPSA) is 43.4 Å². The first-order valence-corrected chi connectivity index (χ1v) is 6.14. The van der Waals surface area contributed by atoms with Gasteiger partial charge >= 0.3 is 5.97 Å². The molecular formula is C16H18O3. The first-order chi connectivity index (χ1) is 9.15. The number of benzene rings is 1. The Morgan fingerprint density at radius 1 is 1.16 bits per heavy atom. The second-order valence-electron chi connectivity index (χ2n) is 4.26. The number of rotatable bonds is 8. The van der Waals surface area contributed by atoms with Crippen molar-refractivity contribution in [3.05, 3.63) is 61.2 Å². The van der Waals surface area contributed by atoms with Crippen LogP contribution in [0, 0.1) is 5.92 Å². The highest BCUT2D eigenvalue weighted by molar-refractivity contribution is 5.89. The quantitative estimate of drug-likeness (QED) is 0.532. The standard InChI is InChI=1S/C16H18O3/c1-3-15(17)11-14(12-19-16(18)4-2)10-13-8-6-5-7-9-13/h3-9,14H,1-2,10-12H2/t14-/m0/s1. The minimum Gasteiger partial charge on any atom is -0.462 e. The Morgan fingerprint density at radius 3 is 2.42 bits per heavy atom. The zero-order chi connectivity index (χ0) is 14.1. The van der Waals surface area contributed by atoms with Gasteiger partial charge in [0.05, 0.1) is 6.61 Å². The van der Waals surface area contributed by atoms with Crippen LogP contribution in [0.25, 0.3) is 0 Å². The van der Waals surface area contributed by atoms with Gasteiger partial charge in [-0.3, -0.25) is 4.79 Å². The molecule has 0 saturated carbocycles. The van der Waals surface area contributed by atoms with E-state index in [0.29, 0.717) is 12.8 Å². The van der Waals surface area contributed by atoms with E-state index in [1.807, 2.05) is 30.3 Å². The molecule has 100 valence electrons. The van der Waals surface area contributed by atoms with Gasteiger partial charge in [-0.1, -0.05) is 43.5 Å². The maximum Gasteiger partial charge on any atom is 0.330 e. The van der Waals surface area contributed by atoms with Crippen LogP contribution in [0.5, 0.6) is 0 Å². The number of hydrogen-bond donors (Lipinski definition) is 0. The highest BCUT2D eigenvalue weighted by Crippen LogP contribution is 2.14. The van der Waals surface area contributed by atoms with E-state index in [-0.39, 0.29) is 18.3 Å². The van der Waals surface area contributed by atoms with Crippen molar-refractivity contribution in [2.45, 2.75) is 12.8 Å². The summed E-state index contributed by atoms with van der Waals surface area (Å²) in [4.78, 5) is 22.5. The number of ketones is 1. The minimum absolute atomic E-state index is 0.0446. The van der Waals surface area contributed by atoms with Crippen molar-refractivity contribution in [2.24, 2.45) is 5.92 Å². The summed E-state index contributed by atoms with van der Waals surface area (Å²) in [7, 11) is 0. The predicted octanol–water partition coefficient (Wildman–Crippen LogP) is 2.72. The Kier molecular flexibility index (Phi) is 6.30. The van der Waals surface area contributed by atoms with Gasteiger partial charge in [-0.15, -0.1) is 0 Å². The Balaban J connectivity index is 2.63. The molecule has 0 heterocycles. The zero-order valence-corrected chi connectivity index (χ0v) is 10.9. The van der Waals surface area contributed by atoms with E-state index >= 15 is 0 Å². The van der Waals surface area contributed by atoms with Gasteiger partial charge in [-0.05, 0) is 18.1 Å². The van der Waals surface area contributed by atoms with Crippen LogP contribution in [0.15, 0.2) is 55.6 Å². The molecule has 1 aromatic carbocycles. The van der Waals surface area contributed by atoms with Crippen molar-refractivity contribution in [2.75, 3.05) is 6.61 Å². The summed E-state index contributed by atoms with van der Waals surface area (Å²) < 4.78 is 5.03. The van der Waals surface area contributed by atoms with Crippen molar-refractivity contribution in [3.8, 4) is 0 Å². The normalized spacial score (nSPS) is 11.4. The molecular weight excluding hydrogens is 240 g/mol. The summed E-state index contributed by atoms with van der Waals surface area (Å²) in [6, 6.07) is 9.79. The van der Waals surface area contributed by atoms with Crippen LogP contribution in [0.4, 0.5) is 0 Å². The van der Waals surface area contributed by atoms with E-state index < -0.39 is 5.97 Å². The van der Waals surface area contributed by atoms with Crippen LogP contribution in [-0.4, -0.2) is 18.4 Å². The molecule has 0 saturated heterocycles. The van der Waals surface area contributed by atoms with Crippen molar-refractivity contribution < 1.29 is 14.3 Å². The second-order valence-corrected chi connectivity index (χ2v) is 4.26. The largest absolute Gasteiger partial charge is 0.462 e. The molecule has 19 heavy (non-hydrogen) atoms. The van der Waals surface area contributed by atoms with Gasteiger partial charge in [0.1, 0.15) is 0 Å². The molecule has 0 aliphatic rings. The molecule has 0 aliphatic carbocycles. The molecule has 0 radical (unpaired) electrons. The number of esters is 1. The van der Waals surface area contributed by atoms with Crippen LogP contribution in [0.2, 0.25) is 0 Å². The third kappa shape index (κ3) is 5.82. The number of hydrogen-bond acceptors (Lipinski definition) is 3.